The van der Waals surface area contributed by atoms with Crippen LogP contribution >= 0.6 is 0 Å². The molecule has 5 nitrogen and oxygen atoms in total. The molecule has 0 atom stereocenters. The van der Waals surface area contributed by atoms with Crippen LogP contribution in [0.5, 0.6) is 0 Å². The largest absolute Gasteiger partial charge is 0.478 e. The topological polar surface area (TPSA) is 75.6 Å². The minimum atomic E-state index is -1.03. The van der Waals surface area contributed by atoms with Crippen LogP contribution in [0.25, 0.3) is 0 Å². The highest BCUT2D eigenvalue weighted by atomic mass is 16.5. The molecule has 0 saturated heterocycles. The molecule has 0 aliphatic heterocycles. The molecule has 1 fully saturated rings. The molecule has 3 rings (SSSR count). The number of anilines is 1. The van der Waals surface area contributed by atoms with Crippen molar-refractivity contribution in [1.82, 2.24) is 0 Å². The van der Waals surface area contributed by atoms with Gasteiger partial charge in [-0.05, 0) is 48.6 Å². The van der Waals surface area contributed by atoms with Crippen molar-refractivity contribution < 1.29 is 19.4 Å². The van der Waals surface area contributed by atoms with Gasteiger partial charge in [-0.1, -0.05) is 30.3 Å². The molecule has 0 unspecified atom stereocenters. The number of nitrogens with one attached hydrogen (secondary N) is 1. The molecule has 0 bridgehead atoms. The van der Waals surface area contributed by atoms with Crippen molar-refractivity contribution in [3.63, 3.8) is 0 Å². The first-order chi connectivity index (χ1) is 12.0. The summed E-state index contributed by atoms with van der Waals surface area (Å²) in [6.45, 7) is 0.291. The number of hydrogen-bond acceptors (Lipinski definition) is 3. The molecule has 1 aliphatic carbocycles. The SMILES string of the molecule is COCc1cc(NC(=O)C2(Cc3ccccc3)CC2)cc(C(=O)O)c1. The van der Waals surface area contributed by atoms with Crippen molar-refractivity contribution in [3.05, 3.63) is 65.2 Å². The van der Waals surface area contributed by atoms with Crippen LogP contribution in [0.2, 0.25) is 0 Å². The average Bonchev–Trinajstić information content (AvgIpc) is 3.36. The molecule has 130 valence electrons. The number of methoxy groups -OCH3 is 1. The molecule has 0 radical (unpaired) electrons. The van der Waals surface area contributed by atoms with E-state index in [1.165, 1.54) is 6.07 Å². The zero-order valence-corrected chi connectivity index (χ0v) is 14.1. The van der Waals surface area contributed by atoms with Crippen LogP contribution in [0.15, 0.2) is 48.5 Å². The van der Waals surface area contributed by atoms with Crippen LogP contribution in [-0.4, -0.2) is 24.1 Å². The van der Waals surface area contributed by atoms with Gasteiger partial charge in [0.25, 0.3) is 0 Å². The lowest BCUT2D eigenvalue weighted by Crippen LogP contribution is -2.26. The summed E-state index contributed by atoms with van der Waals surface area (Å²) in [5, 5.41) is 12.2. The molecular weight excluding hydrogens is 318 g/mol. The predicted octanol–water partition coefficient (Wildman–Crippen LogP) is 3.49. The van der Waals surface area contributed by atoms with E-state index in [-0.39, 0.29) is 16.9 Å². The lowest BCUT2D eigenvalue weighted by atomic mass is 9.95. The molecule has 1 amide bonds. The van der Waals surface area contributed by atoms with Crippen molar-refractivity contribution in [2.45, 2.75) is 25.9 Å². The number of aromatic carboxylic acids is 1. The molecule has 25 heavy (non-hydrogen) atoms. The van der Waals surface area contributed by atoms with Gasteiger partial charge in [-0.2, -0.15) is 0 Å². The number of rotatable bonds is 7. The maximum absolute atomic E-state index is 12.8. The summed E-state index contributed by atoms with van der Waals surface area (Å²) < 4.78 is 5.08. The summed E-state index contributed by atoms with van der Waals surface area (Å²) in [7, 11) is 1.55. The Morgan fingerprint density at radius 1 is 1.12 bits per heavy atom. The Morgan fingerprint density at radius 2 is 1.84 bits per heavy atom. The van der Waals surface area contributed by atoms with Crippen LogP contribution in [0.4, 0.5) is 5.69 Å². The van der Waals surface area contributed by atoms with Gasteiger partial charge in [-0.3, -0.25) is 4.79 Å². The Morgan fingerprint density at radius 3 is 2.44 bits per heavy atom. The molecule has 2 aromatic carbocycles. The van der Waals surface area contributed by atoms with Crippen LogP contribution in [-0.2, 0) is 22.6 Å². The highest BCUT2D eigenvalue weighted by molar-refractivity contribution is 5.98. The Bertz CT molecular complexity index is 782. The van der Waals surface area contributed by atoms with E-state index in [9.17, 15) is 14.7 Å². The lowest BCUT2D eigenvalue weighted by Gasteiger charge is -2.16. The standard InChI is InChI=1S/C20H21NO4/c1-25-13-15-9-16(18(22)23)11-17(10-15)21-19(24)20(7-8-20)12-14-5-3-2-4-6-14/h2-6,9-11H,7-8,12-13H2,1H3,(H,21,24)(H,22,23). The number of hydrogen-bond donors (Lipinski definition) is 2. The predicted molar refractivity (Wildman–Crippen MR) is 94.6 cm³/mol. The van der Waals surface area contributed by atoms with E-state index in [1.54, 1.807) is 19.2 Å². The van der Waals surface area contributed by atoms with Crippen molar-refractivity contribution in [2.75, 3.05) is 12.4 Å². The van der Waals surface area contributed by atoms with Crippen molar-refractivity contribution in [1.29, 1.82) is 0 Å². The molecule has 2 N–H and O–H groups in total. The van der Waals surface area contributed by atoms with Gasteiger partial charge in [-0.25, -0.2) is 4.79 Å². The Hall–Kier alpha value is -2.66. The van der Waals surface area contributed by atoms with E-state index in [1.807, 2.05) is 30.3 Å². The van der Waals surface area contributed by atoms with E-state index in [0.717, 1.165) is 18.4 Å². The molecule has 5 heteroatoms. The fourth-order valence-corrected chi connectivity index (χ4v) is 3.02. The molecular formula is C20H21NO4. The second-order valence-electron chi connectivity index (χ2n) is 6.55. The van der Waals surface area contributed by atoms with Gasteiger partial charge in [0, 0.05) is 12.8 Å². The highest BCUT2D eigenvalue weighted by Crippen LogP contribution is 2.49. The summed E-state index contributed by atoms with van der Waals surface area (Å²) in [5.74, 6) is -1.08. The normalized spacial score (nSPS) is 14.8. The molecule has 1 aliphatic rings. The number of carboxylic acids is 1. The van der Waals surface area contributed by atoms with Crippen LogP contribution < -0.4 is 5.32 Å². The number of carboxylic acid groups (broad SMARTS) is 1. The fourth-order valence-electron chi connectivity index (χ4n) is 3.02. The molecule has 2 aromatic rings. The van der Waals surface area contributed by atoms with Crippen LogP contribution in [0.1, 0.15) is 34.3 Å². The van der Waals surface area contributed by atoms with Gasteiger partial charge in [-0.15, -0.1) is 0 Å². The number of carbonyl (C=O) groups excluding carboxylic acids is 1. The van der Waals surface area contributed by atoms with E-state index in [2.05, 4.69) is 5.32 Å². The summed E-state index contributed by atoms with van der Waals surface area (Å²) in [6, 6.07) is 14.7. The summed E-state index contributed by atoms with van der Waals surface area (Å²) in [6.07, 6.45) is 2.39. The Labute approximate surface area is 146 Å². The molecule has 1 saturated carbocycles. The van der Waals surface area contributed by atoms with E-state index in [4.69, 9.17) is 4.74 Å². The zero-order valence-electron chi connectivity index (χ0n) is 14.1. The maximum Gasteiger partial charge on any atom is 0.335 e. The first kappa shape index (κ1) is 17.2. The second kappa shape index (κ2) is 7.07. The fraction of sp³-hybridized carbons (Fsp3) is 0.300. The first-order valence-electron chi connectivity index (χ1n) is 8.24. The van der Waals surface area contributed by atoms with Gasteiger partial charge in [0.05, 0.1) is 17.6 Å². The Balaban J connectivity index is 1.77. The number of benzene rings is 2. The third-order valence-electron chi connectivity index (χ3n) is 4.53. The molecule has 0 spiro atoms. The summed E-state index contributed by atoms with van der Waals surface area (Å²) in [5.41, 5.74) is 2.09. The molecule has 0 aromatic heterocycles. The smallest absolute Gasteiger partial charge is 0.335 e. The zero-order chi connectivity index (χ0) is 17.9. The molecule has 0 heterocycles. The van der Waals surface area contributed by atoms with E-state index >= 15 is 0 Å². The average molecular weight is 339 g/mol. The first-order valence-corrected chi connectivity index (χ1v) is 8.24. The number of ether oxygens (including phenoxy) is 1. The van der Waals surface area contributed by atoms with Gasteiger partial charge < -0.3 is 15.2 Å². The van der Waals surface area contributed by atoms with Gasteiger partial charge in [0.15, 0.2) is 0 Å². The minimum absolute atomic E-state index is 0.0535. The number of amides is 1. The van der Waals surface area contributed by atoms with Crippen LogP contribution in [0, 0.1) is 5.41 Å². The van der Waals surface area contributed by atoms with Crippen molar-refractivity contribution >= 4 is 17.6 Å². The Kier molecular flexibility index (Phi) is 4.86. The van der Waals surface area contributed by atoms with Gasteiger partial charge >= 0.3 is 5.97 Å². The number of carbonyl (C=O) groups is 2. The van der Waals surface area contributed by atoms with Gasteiger partial charge in [0.1, 0.15) is 0 Å². The quantitative estimate of drug-likeness (QED) is 0.809. The highest BCUT2D eigenvalue weighted by Gasteiger charge is 2.49. The van der Waals surface area contributed by atoms with E-state index in [0.29, 0.717) is 24.3 Å². The van der Waals surface area contributed by atoms with Crippen molar-refractivity contribution in [2.24, 2.45) is 5.41 Å². The summed E-state index contributed by atoms with van der Waals surface area (Å²) >= 11 is 0. The second-order valence-corrected chi connectivity index (χ2v) is 6.55. The summed E-state index contributed by atoms with van der Waals surface area (Å²) in [4.78, 5) is 24.1. The maximum atomic E-state index is 12.8. The third kappa shape index (κ3) is 4.06. The van der Waals surface area contributed by atoms with E-state index < -0.39 is 5.97 Å². The van der Waals surface area contributed by atoms with Gasteiger partial charge in [0.2, 0.25) is 5.91 Å². The van der Waals surface area contributed by atoms with Crippen LogP contribution in [0.3, 0.4) is 0 Å². The minimum Gasteiger partial charge on any atom is -0.478 e. The third-order valence-corrected chi connectivity index (χ3v) is 4.53. The lowest BCUT2D eigenvalue weighted by molar-refractivity contribution is -0.121. The van der Waals surface area contributed by atoms with Crippen molar-refractivity contribution in [3.8, 4) is 0 Å². The monoisotopic (exact) mass is 339 g/mol.